The van der Waals surface area contributed by atoms with E-state index >= 15 is 0 Å². The van der Waals surface area contributed by atoms with Crippen LogP contribution in [0.1, 0.15) is 25.7 Å². The first-order chi connectivity index (χ1) is 6.68. The summed E-state index contributed by atoms with van der Waals surface area (Å²) in [4.78, 5) is 21.3. The Kier molecular flexibility index (Phi) is 2.15. The van der Waals surface area contributed by atoms with Gasteiger partial charge in [0.1, 0.15) is 0 Å². The number of carbonyl (C=O) groups excluding carboxylic acids is 2. The summed E-state index contributed by atoms with van der Waals surface area (Å²) >= 11 is 0. The summed E-state index contributed by atoms with van der Waals surface area (Å²) in [6.07, 6.45) is 4.53. The molecule has 0 aliphatic heterocycles. The number of hydrogen-bond acceptors (Lipinski definition) is 3. The number of allylic oxidation sites excluding steroid dienone is 2. The standard InChI is InChI=1S/C9H13N3O2/c10-8(13)9(14)12-11-7(5-1-2-5)6-3-4-6/h5,11H,1-4H2,(H2,10,13)(H,12,14). The maximum atomic E-state index is 10.9. The zero-order chi connectivity index (χ0) is 10.1. The molecule has 2 saturated carbocycles. The van der Waals surface area contributed by atoms with Crippen molar-refractivity contribution in [3.05, 3.63) is 11.3 Å². The van der Waals surface area contributed by atoms with Crippen LogP contribution in [-0.2, 0) is 9.59 Å². The third kappa shape index (κ3) is 2.04. The molecule has 14 heavy (non-hydrogen) atoms. The van der Waals surface area contributed by atoms with Gasteiger partial charge in [-0.1, -0.05) is 0 Å². The molecule has 0 spiro atoms. The second kappa shape index (κ2) is 3.32. The maximum Gasteiger partial charge on any atom is 0.327 e. The predicted octanol–water partition coefficient (Wildman–Crippen LogP) is -0.450. The average molecular weight is 195 g/mol. The summed E-state index contributed by atoms with van der Waals surface area (Å²) in [5.74, 6) is -1.20. The Bertz CT molecular complexity index is 312. The van der Waals surface area contributed by atoms with Gasteiger partial charge in [-0.05, 0) is 31.3 Å². The van der Waals surface area contributed by atoms with E-state index in [-0.39, 0.29) is 0 Å². The van der Waals surface area contributed by atoms with Crippen molar-refractivity contribution < 1.29 is 9.59 Å². The van der Waals surface area contributed by atoms with Gasteiger partial charge in [-0.2, -0.15) is 0 Å². The van der Waals surface area contributed by atoms with Gasteiger partial charge >= 0.3 is 11.8 Å². The lowest BCUT2D eigenvalue weighted by molar-refractivity contribution is -0.137. The van der Waals surface area contributed by atoms with Gasteiger partial charge in [0.15, 0.2) is 0 Å². The van der Waals surface area contributed by atoms with Crippen molar-refractivity contribution in [1.82, 2.24) is 10.9 Å². The molecule has 2 rings (SSSR count). The van der Waals surface area contributed by atoms with Gasteiger partial charge in [0, 0.05) is 11.6 Å². The topological polar surface area (TPSA) is 84.2 Å². The van der Waals surface area contributed by atoms with Crippen LogP contribution < -0.4 is 16.6 Å². The van der Waals surface area contributed by atoms with Gasteiger partial charge in [-0.15, -0.1) is 0 Å². The zero-order valence-electron chi connectivity index (χ0n) is 7.80. The first kappa shape index (κ1) is 9.05. The van der Waals surface area contributed by atoms with Crippen LogP contribution in [0.2, 0.25) is 0 Å². The summed E-state index contributed by atoms with van der Waals surface area (Å²) < 4.78 is 0. The Morgan fingerprint density at radius 1 is 1.21 bits per heavy atom. The van der Waals surface area contributed by atoms with Crippen molar-refractivity contribution in [2.24, 2.45) is 11.7 Å². The number of carbonyl (C=O) groups is 2. The van der Waals surface area contributed by atoms with Crippen LogP contribution in [-0.4, -0.2) is 11.8 Å². The monoisotopic (exact) mass is 195 g/mol. The summed E-state index contributed by atoms with van der Waals surface area (Å²) in [5.41, 5.74) is 12.4. The number of amides is 2. The summed E-state index contributed by atoms with van der Waals surface area (Å²) in [6, 6.07) is 0. The highest BCUT2D eigenvalue weighted by atomic mass is 16.2. The molecule has 0 radical (unpaired) electrons. The lowest BCUT2D eigenvalue weighted by atomic mass is 10.3. The SMILES string of the molecule is NC(=O)C(=O)NNC(=C1CC1)C1CC1. The van der Waals surface area contributed by atoms with Crippen LogP contribution >= 0.6 is 0 Å². The molecule has 0 aromatic carbocycles. The minimum absolute atomic E-state index is 0.556. The van der Waals surface area contributed by atoms with Crippen LogP contribution in [0.4, 0.5) is 0 Å². The fraction of sp³-hybridized carbons (Fsp3) is 0.556. The lowest BCUT2D eigenvalue weighted by Gasteiger charge is -2.09. The fourth-order valence-electron chi connectivity index (χ4n) is 1.37. The quantitative estimate of drug-likeness (QED) is 0.421. The number of nitrogens with two attached hydrogens (primary N) is 1. The first-order valence-electron chi connectivity index (χ1n) is 4.76. The zero-order valence-corrected chi connectivity index (χ0v) is 7.80. The number of hydrogen-bond donors (Lipinski definition) is 3. The van der Waals surface area contributed by atoms with Gasteiger partial charge in [0.2, 0.25) is 0 Å². The van der Waals surface area contributed by atoms with E-state index in [4.69, 9.17) is 5.73 Å². The third-order valence-electron chi connectivity index (χ3n) is 2.40. The van der Waals surface area contributed by atoms with E-state index in [0.717, 1.165) is 31.4 Å². The highest BCUT2D eigenvalue weighted by Gasteiger charge is 2.32. The van der Waals surface area contributed by atoms with E-state index in [1.165, 1.54) is 5.57 Å². The van der Waals surface area contributed by atoms with Gasteiger partial charge in [-0.25, -0.2) is 0 Å². The smallest absolute Gasteiger partial charge is 0.327 e. The maximum absolute atomic E-state index is 10.9. The van der Waals surface area contributed by atoms with Gasteiger partial charge < -0.3 is 11.2 Å². The van der Waals surface area contributed by atoms with E-state index < -0.39 is 11.8 Å². The molecule has 0 saturated heterocycles. The molecule has 0 atom stereocenters. The molecule has 76 valence electrons. The normalized spacial score (nSPS) is 18.7. The minimum atomic E-state index is -0.964. The molecule has 5 heteroatoms. The van der Waals surface area contributed by atoms with Crippen molar-refractivity contribution in [3.8, 4) is 0 Å². The van der Waals surface area contributed by atoms with Gasteiger partial charge in [0.05, 0.1) is 0 Å². The van der Waals surface area contributed by atoms with Crippen molar-refractivity contribution in [1.29, 1.82) is 0 Å². The molecular weight excluding hydrogens is 182 g/mol. The molecule has 2 aliphatic rings. The molecule has 2 aliphatic carbocycles. The highest BCUT2D eigenvalue weighted by Crippen LogP contribution is 2.42. The van der Waals surface area contributed by atoms with Gasteiger partial charge in [-0.3, -0.25) is 15.0 Å². The van der Waals surface area contributed by atoms with E-state index in [0.29, 0.717) is 5.92 Å². The molecule has 4 N–H and O–H groups in total. The molecule has 0 aromatic rings. The Morgan fingerprint density at radius 3 is 2.29 bits per heavy atom. The Hall–Kier alpha value is -1.52. The minimum Gasteiger partial charge on any atom is -0.361 e. The Labute approximate surface area is 81.7 Å². The molecular formula is C9H13N3O2. The summed E-state index contributed by atoms with van der Waals surface area (Å²) in [7, 11) is 0. The van der Waals surface area contributed by atoms with E-state index in [1.807, 2.05) is 0 Å². The fourth-order valence-corrected chi connectivity index (χ4v) is 1.37. The van der Waals surface area contributed by atoms with E-state index in [2.05, 4.69) is 10.9 Å². The molecule has 2 fully saturated rings. The van der Waals surface area contributed by atoms with Crippen LogP contribution in [0.3, 0.4) is 0 Å². The molecule has 5 nitrogen and oxygen atoms in total. The van der Waals surface area contributed by atoms with E-state index in [1.54, 1.807) is 0 Å². The molecule has 0 unspecified atom stereocenters. The van der Waals surface area contributed by atoms with Crippen LogP contribution in [0.5, 0.6) is 0 Å². The van der Waals surface area contributed by atoms with E-state index in [9.17, 15) is 9.59 Å². The van der Waals surface area contributed by atoms with Crippen molar-refractivity contribution in [2.45, 2.75) is 25.7 Å². The van der Waals surface area contributed by atoms with Gasteiger partial charge in [0.25, 0.3) is 0 Å². The largest absolute Gasteiger partial charge is 0.361 e. The first-order valence-corrected chi connectivity index (χ1v) is 4.76. The van der Waals surface area contributed by atoms with Crippen LogP contribution in [0.25, 0.3) is 0 Å². The third-order valence-corrected chi connectivity index (χ3v) is 2.40. The number of nitrogens with one attached hydrogen (secondary N) is 2. The molecule has 0 aromatic heterocycles. The molecule has 2 amide bonds. The number of rotatable bonds is 3. The van der Waals surface area contributed by atoms with Crippen LogP contribution in [0.15, 0.2) is 11.3 Å². The summed E-state index contributed by atoms with van der Waals surface area (Å²) in [6.45, 7) is 0. The Balaban J connectivity index is 1.87. The Morgan fingerprint density at radius 2 is 1.86 bits per heavy atom. The highest BCUT2D eigenvalue weighted by molar-refractivity contribution is 6.34. The summed E-state index contributed by atoms with van der Waals surface area (Å²) in [5, 5.41) is 0. The van der Waals surface area contributed by atoms with Crippen molar-refractivity contribution in [2.75, 3.05) is 0 Å². The lowest BCUT2D eigenvalue weighted by Crippen LogP contribution is -2.44. The number of primary amides is 1. The average Bonchev–Trinajstić information content (AvgIpc) is 2.99. The number of hydrazine groups is 1. The molecule has 0 heterocycles. The van der Waals surface area contributed by atoms with Crippen LogP contribution in [0, 0.1) is 5.92 Å². The van der Waals surface area contributed by atoms with Crippen molar-refractivity contribution >= 4 is 11.8 Å². The second-order valence-electron chi connectivity index (χ2n) is 3.73. The van der Waals surface area contributed by atoms with Crippen molar-refractivity contribution in [3.63, 3.8) is 0 Å². The predicted molar refractivity (Wildman–Crippen MR) is 49.5 cm³/mol. The molecule has 0 bridgehead atoms. The second-order valence-corrected chi connectivity index (χ2v) is 3.73.